The normalized spacial score (nSPS) is 22.7. The molecule has 51 heavy (non-hydrogen) atoms. The van der Waals surface area contributed by atoms with Crippen LogP contribution in [-0.2, 0) is 45.9 Å². The number of nitrogens with two attached hydrogens (primary N) is 1. The molecule has 1 saturated heterocycles. The highest BCUT2D eigenvalue weighted by Crippen LogP contribution is 2.61. The fourth-order valence-corrected chi connectivity index (χ4v) is 8.02. The van der Waals surface area contributed by atoms with Gasteiger partial charge in [0.05, 0.1) is 19.5 Å². The molecule has 290 valence electrons. The van der Waals surface area contributed by atoms with Crippen LogP contribution in [0.3, 0.4) is 0 Å². The Hall–Kier alpha value is -2.11. The van der Waals surface area contributed by atoms with E-state index in [0.717, 1.165) is 35.1 Å². The topological polar surface area (TPSA) is 347 Å². The first kappa shape index (κ1) is 43.3. The second kappa shape index (κ2) is 18.3. The first-order chi connectivity index (χ1) is 23.7. The van der Waals surface area contributed by atoms with Crippen LogP contribution in [0, 0.1) is 5.41 Å². The van der Waals surface area contributed by atoms with Gasteiger partial charge in [-0.25, -0.2) is 28.6 Å². The lowest BCUT2D eigenvalue weighted by Gasteiger charge is -2.30. The number of rotatable bonds is 21. The standard InChI is InChI=1S/C24H42N7O16P3S/c1-4-8-51-9-7-26-15(32)5-6-27-22(35)19(34)24(2,3)11-44-50(41,42)47-49(39,40)43-10-14-18(46-48(36,37)38)17(33)23(45-14)31-13-30-16-20(25)28-12-29-21(16)31/h12-14,17-19,23,33-34H,4-11H2,1-3H3,(H,26,32)(H,27,35)(H,39,40)(H,41,42)(H2,25,28,29)(H2,36,37,38)/t14-,17+,18?,19?,23-/m1/s1. The van der Waals surface area contributed by atoms with E-state index in [1.54, 1.807) is 11.8 Å². The van der Waals surface area contributed by atoms with E-state index in [2.05, 4.69) is 34.4 Å². The van der Waals surface area contributed by atoms with E-state index in [-0.39, 0.29) is 35.9 Å². The Kier molecular flexibility index (Phi) is 15.5. The molecule has 0 spiro atoms. The Bertz CT molecular complexity index is 1650. The van der Waals surface area contributed by atoms with Gasteiger partial charge in [0.2, 0.25) is 11.8 Å². The second-order valence-electron chi connectivity index (χ2n) is 11.7. The zero-order chi connectivity index (χ0) is 38.2. The number of amides is 2. The van der Waals surface area contributed by atoms with Crippen molar-refractivity contribution in [1.82, 2.24) is 30.2 Å². The smallest absolute Gasteiger partial charge is 0.386 e. The molecule has 2 aromatic heterocycles. The molecule has 23 nitrogen and oxygen atoms in total. The summed E-state index contributed by atoms with van der Waals surface area (Å²) in [6, 6.07) is 0. The average molecular weight is 810 g/mol. The van der Waals surface area contributed by atoms with Crippen LogP contribution in [0.5, 0.6) is 0 Å². The first-order valence-electron chi connectivity index (χ1n) is 15.1. The van der Waals surface area contributed by atoms with E-state index < -0.39 is 78.6 Å². The van der Waals surface area contributed by atoms with E-state index in [0.29, 0.717) is 6.54 Å². The van der Waals surface area contributed by atoms with E-state index in [1.165, 1.54) is 13.8 Å². The highest BCUT2D eigenvalue weighted by atomic mass is 32.2. The number of nitrogens with zero attached hydrogens (tertiary/aromatic N) is 4. The van der Waals surface area contributed by atoms with Gasteiger partial charge in [0, 0.05) is 30.7 Å². The molecular weight excluding hydrogens is 767 g/mol. The number of aliphatic hydroxyl groups excluding tert-OH is 2. The molecular formula is C24H42N7O16P3S. The van der Waals surface area contributed by atoms with Crippen molar-refractivity contribution in [3.05, 3.63) is 12.7 Å². The van der Waals surface area contributed by atoms with Crippen molar-refractivity contribution < 1.29 is 75.7 Å². The second-order valence-corrected chi connectivity index (χ2v) is 17.1. The van der Waals surface area contributed by atoms with Gasteiger partial charge in [0.15, 0.2) is 17.7 Å². The number of aliphatic hydroxyl groups is 2. The van der Waals surface area contributed by atoms with Gasteiger partial charge < -0.3 is 50.9 Å². The Labute approximate surface area is 295 Å². The quantitative estimate of drug-likeness (QED) is 0.0569. The number of imidazole rings is 1. The minimum absolute atomic E-state index is 0.0340. The van der Waals surface area contributed by atoms with Crippen molar-refractivity contribution in [2.45, 2.75) is 64.3 Å². The molecule has 3 rings (SSSR count). The van der Waals surface area contributed by atoms with E-state index >= 15 is 0 Å². The van der Waals surface area contributed by atoms with Gasteiger partial charge in [-0.15, -0.1) is 0 Å². The SMILES string of the molecule is CCCSCCNC(=O)CCNC(=O)C(O)C(C)(C)COP(=O)(O)OP(=O)(O)OC[C@H]1O[C@@H](n2cnc3c(N)ncnc32)[C@@H](O)C1OP(=O)(O)O. The number of hydrogen-bond acceptors (Lipinski definition) is 17. The average Bonchev–Trinajstić information content (AvgIpc) is 3.58. The van der Waals surface area contributed by atoms with Crippen LogP contribution in [0.2, 0.25) is 0 Å². The number of nitrogen functional groups attached to an aromatic ring is 1. The molecule has 10 N–H and O–H groups in total. The third-order valence-electron chi connectivity index (χ3n) is 6.99. The summed E-state index contributed by atoms with van der Waals surface area (Å²) in [5.74, 6) is 0.431. The minimum atomic E-state index is -5.54. The number of phosphoric ester groups is 3. The third-order valence-corrected chi connectivity index (χ3v) is 11.3. The molecule has 2 aromatic rings. The van der Waals surface area contributed by atoms with Gasteiger partial charge in [0.25, 0.3) is 0 Å². The number of carbonyl (C=O) groups is 2. The van der Waals surface area contributed by atoms with E-state index in [9.17, 15) is 53.1 Å². The largest absolute Gasteiger partial charge is 0.481 e. The number of nitrogens with one attached hydrogen (secondary N) is 2. The van der Waals surface area contributed by atoms with Crippen LogP contribution in [0.4, 0.5) is 5.82 Å². The molecule has 0 radical (unpaired) electrons. The number of phosphoric acid groups is 3. The molecule has 0 aliphatic carbocycles. The summed E-state index contributed by atoms with van der Waals surface area (Å²) in [5.41, 5.74) is 4.32. The lowest BCUT2D eigenvalue weighted by molar-refractivity contribution is -0.137. The number of hydrogen-bond donors (Lipinski definition) is 9. The summed E-state index contributed by atoms with van der Waals surface area (Å²) < 4.78 is 62.0. The van der Waals surface area contributed by atoms with E-state index in [1.807, 2.05) is 6.92 Å². The maximum Gasteiger partial charge on any atom is 0.481 e. The summed E-state index contributed by atoms with van der Waals surface area (Å²) in [6.45, 7) is 2.97. The molecule has 0 saturated carbocycles. The maximum absolute atomic E-state index is 12.6. The van der Waals surface area contributed by atoms with Gasteiger partial charge in [-0.05, 0) is 12.2 Å². The van der Waals surface area contributed by atoms with Crippen LogP contribution in [0.15, 0.2) is 12.7 Å². The Balaban J connectivity index is 1.55. The predicted octanol–water partition coefficient (Wildman–Crippen LogP) is -0.452. The molecule has 27 heteroatoms. The molecule has 1 fully saturated rings. The van der Waals surface area contributed by atoms with Crippen LogP contribution >= 0.6 is 35.2 Å². The van der Waals surface area contributed by atoms with Crippen molar-refractivity contribution in [1.29, 1.82) is 0 Å². The zero-order valence-corrected chi connectivity index (χ0v) is 31.1. The van der Waals surface area contributed by atoms with Gasteiger partial charge in [-0.1, -0.05) is 20.8 Å². The zero-order valence-electron chi connectivity index (χ0n) is 27.6. The first-order valence-corrected chi connectivity index (χ1v) is 20.8. The Morgan fingerprint density at radius 1 is 1.08 bits per heavy atom. The number of fused-ring (bicyclic) bond motifs is 1. The van der Waals surface area contributed by atoms with E-state index in [4.69, 9.17) is 19.5 Å². The van der Waals surface area contributed by atoms with Crippen molar-refractivity contribution in [3.8, 4) is 0 Å². The van der Waals surface area contributed by atoms with Crippen LogP contribution in [0.25, 0.3) is 11.2 Å². The monoisotopic (exact) mass is 809 g/mol. The van der Waals surface area contributed by atoms with Crippen molar-refractivity contribution in [3.63, 3.8) is 0 Å². The lowest BCUT2D eigenvalue weighted by Crippen LogP contribution is -2.46. The number of ether oxygens (including phenoxy) is 1. The molecule has 4 unspecified atom stereocenters. The summed E-state index contributed by atoms with van der Waals surface area (Å²) in [5, 5.41) is 26.4. The number of anilines is 1. The van der Waals surface area contributed by atoms with Crippen LogP contribution in [-0.4, -0.2) is 123 Å². The molecule has 7 atom stereocenters. The van der Waals surface area contributed by atoms with Gasteiger partial charge >= 0.3 is 23.5 Å². The van der Waals surface area contributed by atoms with Crippen LogP contribution in [0.1, 0.15) is 39.8 Å². The Morgan fingerprint density at radius 2 is 1.76 bits per heavy atom. The highest BCUT2D eigenvalue weighted by molar-refractivity contribution is 7.99. The van der Waals surface area contributed by atoms with Gasteiger partial charge in [-0.2, -0.15) is 16.1 Å². The van der Waals surface area contributed by atoms with Crippen molar-refractivity contribution >= 4 is 64.0 Å². The van der Waals surface area contributed by atoms with Gasteiger partial charge in [0.1, 0.15) is 36.3 Å². The molecule has 1 aliphatic heterocycles. The van der Waals surface area contributed by atoms with Gasteiger partial charge in [-0.3, -0.25) is 27.7 Å². The van der Waals surface area contributed by atoms with Crippen LogP contribution < -0.4 is 16.4 Å². The molecule has 2 amide bonds. The number of carbonyl (C=O) groups excluding carboxylic acids is 2. The van der Waals surface area contributed by atoms with Crippen molar-refractivity contribution in [2.24, 2.45) is 5.41 Å². The fraction of sp³-hybridized carbons (Fsp3) is 0.708. The lowest BCUT2D eigenvalue weighted by atomic mass is 9.87. The fourth-order valence-electron chi connectivity index (χ4n) is 4.45. The summed E-state index contributed by atoms with van der Waals surface area (Å²) in [7, 11) is -16.3. The molecule has 0 aromatic carbocycles. The molecule has 0 bridgehead atoms. The summed E-state index contributed by atoms with van der Waals surface area (Å²) >= 11 is 1.69. The predicted molar refractivity (Wildman–Crippen MR) is 177 cm³/mol. The number of thioether (sulfide) groups is 1. The summed E-state index contributed by atoms with van der Waals surface area (Å²) in [6.07, 6.45) is -5.67. The number of aromatic nitrogens is 4. The highest BCUT2D eigenvalue weighted by Gasteiger charge is 2.50. The molecule has 1 aliphatic rings. The summed E-state index contributed by atoms with van der Waals surface area (Å²) in [4.78, 5) is 75.2. The van der Waals surface area contributed by atoms with Crippen molar-refractivity contribution in [2.75, 3.05) is 43.5 Å². The third kappa shape index (κ3) is 13.1. The minimum Gasteiger partial charge on any atom is -0.386 e. The maximum atomic E-state index is 12.6. The Morgan fingerprint density at radius 3 is 2.43 bits per heavy atom. The molecule has 3 heterocycles.